The third kappa shape index (κ3) is 883. The summed E-state index contributed by atoms with van der Waals surface area (Å²) in [5.41, 5.74) is 0. The molecule has 0 amide bonds. The van der Waals surface area contributed by atoms with E-state index in [0.717, 1.165) is 0 Å². The predicted molar refractivity (Wildman–Crippen MR) is 53.4 cm³/mol. The third-order valence-electron chi connectivity index (χ3n) is 0. The van der Waals surface area contributed by atoms with Gasteiger partial charge < -0.3 is 73.6 Å². The van der Waals surface area contributed by atoms with Gasteiger partial charge in [-0.1, -0.05) is 0 Å². The van der Waals surface area contributed by atoms with Crippen LogP contribution < -0.4 is 12.3 Å². The van der Waals surface area contributed by atoms with Crippen LogP contribution in [0.25, 0.3) is 0 Å². The smallest absolute Gasteiger partial charge is 0.0689 e. The van der Waals surface area contributed by atoms with E-state index < -0.39 is 20.3 Å². The Balaban J connectivity index is -0.0000000192. The second kappa shape index (κ2) is 36.0. The minimum atomic E-state index is -1.75. The Morgan fingerprint density at radius 2 is 0.421 bits per heavy atom. The van der Waals surface area contributed by atoms with Crippen molar-refractivity contribution in [2.45, 2.75) is 0 Å². The maximum Gasteiger partial charge on any atom is 0.0689 e. The molecule has 0 aromatic rings. The van der Waals surface area contributed by atoms with Crippen LogP contribution >= 0.6 is 0 Å². The van der Waals surface area contributed by atoms with Gasteiger partial charge in [-0.15, -0.1) is 0 Å². The van der Waals surface area contributed by atoms with Gasteiger partial charge in [-0.25, -0.2) is 0 Å². The first-order valence-electron chi connectivity index (χ1n) is 2.19. The Kier molecular flexibility index (Phi) is 82.3. The van der Waals surface area contributed by atoms with E-state index in [9.17, 15) is 0 Å². The topological polar surface area (TPSA) is 338 Å². The molecule has 116 valence electrons. The van der Waals surface area contributed by atoms with Crippen LogP contribution in [0, 0.1) is 103 Å². The largest absolute Gasteiger partial charge is 0.369 e. The molecule has 18 nitrogen and oxygen atoms in total. The number of quaternary nitrogens is 2. The molecule has 0 atom stereocenters. The van der Waals surface area contributed by atoms with Gasteiger partial charge in [0.15, 0.2) is 0 Å². The summed E-state index contributed by atoms with van der Waals surface area (Å²) in [6.07, 6.45) is 0. The molecule has 19 heavy (non-hydrogen) atoms. The minimum absolute atomic E-state index is 0. The number of rotatable bonds is 0. The zero-order valence-electron chi connectivity index (χ0n) is 9.19. The average molecular weight is 424 g/mol. The van der Waals surface area contributed by atoms with Gasteiger partial charge in [0.05, 0.1) is 20.3 Å². The van der Waals surface area contributed by atoms with Crippen molar-refractivity contribution in [2.75, 3.05) is 0 Å². The second-order valence-corrected chi connectivity index (χ2v) is 0.894. The zero-order valence-corrected chi connectivity index (χ0v) is 12.3. The van der Waals surface area contributed by atoms with Crippen LogP contribution in [0.4, 0.5) is 0 Å². The van der Waals surface area contributed by atoms with Crippen molar-refractivity contribution in [1.29, 1.82) is 0 Å². The van der Waals surface area contributed by atoms with Gasteiger partial charge in [0, 0.05) is 41.7 Å². The number of hydrogen-bond acceptors (Lipinski definition) is 12. The Morgan fingerprint density at radius 1 is 0.421 bits per heavy atom. The van der Waals surface area contributed by atoms with Gasteiger partial charge in [-0.2, -0.15) is 0 Å². The van der Waals surface area contributed by atoms with E-state index >= 15 is 0 Å². The molecule has 0 spiro atoms. The normalized spacial score (nSPS) is 5.05. The summed E-state index contributed by atoms with van der Waals surface area (Å²) in [5.74, 6) is 0. The molecular weight excluding hydrogens is 416 g/mol. The molecule has 0 aliphatic heterocycles. The van der Waals surface area contributed by atoms with E-state index in [-0.39, 0.29) is 54.0 Å². The summed E-state index contributed by atoms with van der Waals surface area (Å²) in [6.45, 7) is 0. The van der Waals surface area contributed by atoms with E-state index in [4.69, 9.17) is 61.3 Å². The molecule has 0 bridgehead atoms. The molecule has 0 saturated carbocycles. The van der Waals surface area contributed by atoms with Crippen LogP contribution in [0.15, 0.2) is 0 Å². The Bertz CT molecular complexity index is 162. The molecule has 0 rings (SSSR count). The second-order valence-electron chi connectivity index (χ2n) is 0.894. The zero-order chi connectivity index (χ0) is 14.3. The molecular formula is H8CeN6O12-2. The molecule has 0 aromatic carbocycles. The Labute approximate surface area is 135 Å². The SMILES string of the molecule is O=[N+]([O-])[O-].O=[N+]([O-])[O-].O=[N+]([O-])[O-].O=[N+]([O-])[O-].[Ce].[NH4+].[NH4+]. The van der Waals surface area contributed by atoms with Crippen molar-refractivity contribution < 1.29 is 62.1 Å². The molecule has 0 radical (unpaired) electrons. The maximum atomic E-state index is 8.25. The molecule has 19 heteroatoms. The molecule has 0 aromatic heterocycles. The molecule has 0 unspecified atom stereocenters. The summed E-state index contributed by atoms with van der Waals surface area (Å²) < 4.78 is 0. The van der Waals surface area contributed by atoms with Crippen LogP contribution in [-0.2, 0) is 0 Å². The van der Waals surface area contributed by atoms with Crippen LogP contribution in [0.3, 0.4) is 0 Å². The van der Waals surface area contributed by atoms with Crippen molar-refractivity contribution in [3.63, 3.8) is 0 Å². The fourth-order valence-corrected chi connectivity index (χ4v) is 0. The average Bonchev–Trinajstić information content (AvgIpc) is 1.76. The fraction of sp³-hybridized carbons (Fsp3) is 0. The molecule has 0 fully saturated rings. The van der Waals surface area contributed by atoms with Crippen LogP contribution in [0.5, 0.6) is 0 Å². The summed E-state index contributed by atoms with van der Waals surface area (Å²) in [5, 5.41) is 59.0. The number of hydrogen-bond donors (Lipinski definition) is 2. The Morgan fingerprint density at radius 3 is 0.421 bits per heavy atom. The molecule has 8 N–H and O–H groups in total. The third-order valence-corrected chi connectivity index (χ3v) is 0. The molecule has 0 saturated heterocycles. The summed E-state index contributed by atoms with van der Waals surface area (Å²) in [7, 11) is 0. The first kappa shape index (κ1) is 43.5. The first-order chi connectivity index (χ1) is 6.93. The van der Waals surface area contributed by atoms with Crippen LogP contribution in [0.1, 0.15) is 0 Å². The number of nitrogens with zero attached hydrogens (tertiary/aromatic N) is 4. The summed E-state index contributed by atoms with van der Waals surface area (Å²) >= 11 is 0. The van der Waals surface area contributed by atoms with E-state index in [2.05, 4.69) is 0 Å². The van der Waals surface area contributed by atoms with Crippen molar-refractivity contribution >= 4 is 0 Å². The summed E-state index contributed by atoms with van der Waals surface area (Å²) in [4.78, 5) is 33.0. The Hall–Kier alpha value is -1.90. The van der Waals surface area contributed by atoms with Crippen molar-refractivity contribution in [3.05, 3.63) is 61.3 Å². The maximum absolute atomic E-state index is 8.25. The van der Waals surface area contributed by atoms with E-state index in [1.54, 1.807) is 0 Å². The van der Waals surface area contributed by atoms with E-state index in [1.165, 1.54) is 0 Å². The molecule has 0 aliphatic carbocycles. The minimum Gasteiger partial charge on any atom is -0.369 e. The van der Waals surface area contributed by atoms with Gasteiger partial charge in [0.25, 0.3) is 0 Å². The van der Waals surface area contributed by atoms with Gasteiger partial charge >= 0.3 is 0 Å². The molecule has 0 heterocycles. The first-order valence-corrected chi connectivity index (χ1v) is 2.19. The van der Waals surface area contributed by atoms with E-state index in [1.807, 2.05) is 0 Å². The standard InChI is InChI=1S/Ce.4NO3.2H3N/c;4*2-1(3)4;;/h;;;;;2*1H3/q;4*-1;;/p+2. The quantitative estimate of drug-likeness (QED) is 0.376. The van der Waals surface area contributed by atoms with Crippen molar-refractivity contribution in [3.8, 4) is 0 Å². The predicted octanol–water partition coefficient (Wildman–Crippen LogP) is -0.204. The van der Waals surface area contributed by atoms with Gasteiger partial charge in [-0.3, -0.25) is 0 Å². The monoisotopic (exact) mass is 424 g/mol. The van der Waals surface area contributed by atoms with Gasteiger partial charge in [0.2, 0.25) is 0 Å². The molecule has 0 aliphatic rings. The summed E-state index contributed by atoms with van der Waals surface area (Å²) in [6, 6.07) is 0. The van der Waals surface area contributed by atoms with Gasteiger partial charge in [-0.05, 0) is 0 Å². The van der Waals surface area contributed by atoms with Crippen molar-refractivity contribution in [2.24, 2.45) is 0 Å². The van der Waals surface area contributed by atoms with Crippen molar-refractivity contribution in [1.82, 2.24) is 12.3 Å². The fourth-order valence-electron chi connectivity index (χ4n) is 0. The van der Waals surface area contributed by atoms with Gasteiger partial charge in [0.1, 0.15) is 0 Å². The van der Waals surface area contributed by atoms with Crippen LogP contribution in [0.2, 0.25) is 0 Å². The van der Waals surface area contributed by atoms with Crippen LogP contribution in [-0.4, -0.2) is 20.3 Å². The van der Waals surface area contributed by atoms with E-state index in [0.29, 0.717) is 0 Å².